The molecule has 0 bridgehead atoms. The van der Waals surface area contributed by atoms with E-state index in [1.54, 1.807) is 12.1 Å². The van der Waals surface area contributed by atoms with Crippen LogP contribution in [0.2, 0.25) is 0 Å². The van der Waals surface area contributed by atoms with Crippen molar-refractivity contribution < 1.29 is 14.7 Å². The number of ketones is 1. The lowest BCUT2D eigenvalue weighted by Gasteiger charge is -2.17. The average molecular weight is 276 g/mol. The minimum absolute atomic E-state index is 0.149. The van der Waals surface area contributed by atoms with Gasteiger partial charge >= 0.3 is 5.97 Å². The van der Waals surface area contributed by atoms with Crippen LogP contribution in [0, 0.1) is 0 Å². The number of hydrogen-bond acceptors (Lipinski definition) is 4. The van der Waals surface area contributed by atoms with Gasteiger partial charge in [0.25, 0.3) is 0 Å². The van der Waals surface area contributed by atoms with Gasteiger partial charge in [-0.1, -0.05) is 0 Å². The molecule has 0 amide bonds. The van der Waals surface area contributed by atoms with Crippen molar-refractivity contribution in [2.45, 2.75) is 31.3 Å². The maximum absolute atomic E-state index is 12.4. The number of nitrogens with zero attached hydrogens (tertiary/aromatic N) is 1. The second-order valence-corrected chi connectivity index (χ2v) is 5.40. The number of Topliss-reactive ketones (excluding diaryl/α,β-unsaturated/α-hetero) is 1. The Morgan fingerprint density at radius 1 is 1.30 bits per heavy atom. The van der Waals surface area contributed by atoms with Crippen LogP contribution in [0.25, 0.3) is 0 Å². The Balaban J connectivity index is 2.10. The van der Waals surface area contributed by atoms with Crippen LogP contribution < -0.4 is 10.2 Å². The average Bonchev–Trinajstić information content (AvgIpc) is 3.20. The lowest BCUT2D eigenvalue weighted by Crippen LogP contribution is -2.40. The summed E-state index contributed by atoms with van der Waals surface area (Å²) >= 11 is 0. The molecule has 0 saturated heterocycles. The number of carboxylic acids is 1. The highest BCUT2D eigenvalue weighted by Crippen LogP contribution is 2.21. The van der Waals surface area contributed by atoms with Gasteiger partial charge in [0, 0.05) is 31.4 Å². The molecule has 108 valence electrons. The third-order valence-electron chi connectivity index (χ3n) is 3.38. The summed E-state index contributed by atoms with van der Waals surface area (Å²) in [5, 5.41) is 12.0. The SMILES string of the molecule is CN(C)c1ccc(C(=O)C(CC(=O)O)NC2CC2)cc1. The summed E-state index contributed by atoms with van der Waals surface area (Å²) in [7, 11) is 3.86. The van der Waals surface area contributed by atoms with Gasteiger partial charge in [-0.05, 0) is 37.1 Å². The summed E-state index contributed by atoms with van der Waals surface area (Å²) in [6.45, 7) is 0. The second kappa shape index (κ2) is 6.05. The molecule has 0 aromatic heterocycles. The van der Waals surface area contributed by atoms with Gasteiger partial charge in [0.1, 0.15) is 0 Å². The minimum Gasteiger partial charge on any atom is -0.481 e. The highest BCUT2D eigenvalue weighted by Gasteiger charge is 2.30. The van der Waals surface area contributed by atoms with Crippen molar-refractivity contribution in [1.82, 2.24) is 5.32 Å². The molecule has 1 aliphatic carbocycles. The lowest BCUT2D eigenvalue weighted by atomic mass is 10.0. The fourth-order valence-corrected chi connectivity index (χ4v) is 2.06. The van der Waals surface area contributed by atoms with Gasteiger partial charge in [-0.15, -0.1) is 0 Å². The van der Waals surface area contributed by atoms with E-state index in [1.165, 1.54) is 0 Å². The largest absolute Gasteiger partial charge is 0.481 e. The fraction of sp³-hybridized carbons (Fsp3) is 0.467. The molecule has 0 heterocycles. The van der Waals surface area contributed by atoms with Crippen LogP contribution in [-0.4, -0.2) is 43.0 Å². The van der Waals surface area contributed by atoms with Crippen molar-refractivity contribution >= 4 is 17.4 Å². The number of hydrogen-bond donors (Lipinski definition) is 2. The molecule has 1 atom stereocenters. The van der Waals surface area contributed by atoms with E-state index in [0.29, 0.717) is 11.6 Å². The summed E-state index contributed by atoms with van der Waals surface area (Å²) in [6.07, 6.45) is 1.86. The molecular formula is C15H20N2O3. The molecule has 1 fully saturated rings. The van der Waals surface area contributed by atoms with E-state index < -0.39 is 12.0 Å². The first-order valence-electron chi connectivity index (χ1n) is 6.77. The Kier molecular flexibility index (Phi) is 4.39. The minimum atomic E-state index is -0.957. The first kappa shape index (κ1) is 14.5. The van der Waals surface area contributed by atoms with Gasteiger partial charge in [-0.25, -0.2) is 0 Å². The van der Waals surface area contributed by atoms with Gasteiger partial charge in [0.2, 0.25) is 0 Å². The molecule has 5 heteroatoms. The Morgan fingerprint density at radius 3 is 2.35 bits per heavy atom. The molecule has 2 rings (SSSR count). The van der Waals surface area contributed by atoms with Gasteiger partial charge in [0.15, 0.2) is 5.78 Å². The number of carboxylic acid groups (broad SMARTS) is 1. The number of rotatable bonds is 7. The summed E-state index contributed by atoms with van der Waals surface area (Å²) in [5.74, 6) is -1.11. The Hall–Kier alpha value is -1.88. The van der Waals surface area contributed by atoms with Crippen LogP contribution in [0.3, 0.4) is 0 Å². The van der Waals surface area contributed by atoms with E-state index in [1.807, 2.05) is 31.1 Å². The molecule has 20 heavy (non-hydrogen) atoms. The van der Waals surface area contributed by atoms with Crippen molar-refractivity contribution in [2.75, 3.05) is 19.0 Å². The summed E-state index contributed by atoms with van der Waals surface area (Å²) in [6, 6.07) is 6.89. The van der Waals surface area contributed by atoms with Crippen LogP contribution in [0.15, 0.2) is 24.3 Å². The predicted octanol–water partition coefficient (Wildman–Crippen LogP) is 1.53. The van der Waals surface area contributed by atoms with Gasteiger partial charge < -0.3 is 15.3 Å². The van der Waals surface area contributed by atoms with Crippen molar-refractivity contribution in [3.8, 4) is 0 Å². The molecule has 2 N–H and O–H groups in total. The summed E-state index contributed by atoms with van der Waals surface area (Å²) in [4.78, 5) is 25.2. The molecule has 1 aromatic rings. The van der Waals surface area contributed by atoms with Gasteiger partial charge in [-0.2, -0.15) is 0 Å². The highest BCUT2D eigenvalue weighted by molar-refractivity contribution is 6.02. The van der Waals surface area contributed by atoms with E-state index in [4.69, 9.17) is 5.11 Å². The molecule has 1 saturated carbocycles. The maximum atomic E-state index is 12.4. The highest BCUT2D eigenvalue weighted by atomic mass is 16.4. The molecular weight excluding hydrogens is 256 g/mol. The molecule has 0 radical (unpaired) electrons. The monoisotopic (exact) mass is 276 g/mol. The van der Waals surface area contributed by atoms with E-state index in [0.717, 1.165) is 18.5 Å². The first-order valence-corrected chi connectivity index (χ1v) is 6.77. The predicted molar refractivity (Wildman–Crippen MR) is 77.3 cm³/mol. The molecule has 0 spiro atoms. The molecule has 0 aliphatic heterocycles. The number of benzene rings is 1. The van der Waals surface area contributed by atoms with Gasteiger partial charge in [-0.3, -0.25) is 9.59 Å². The zero-order valence-corrected chi connectivity index (χ0v) is 11.8. The third kappa shape index (κ3) is 3.81. The number of carbonyl (C=O) groups is 2. The topological polar surface area (TPSA) is 69.6 Å². The van der Waals surface area contributed by atoms with Crippen LogP contribution >= 0.6 is 0 Å². The van der Waals surface area contributed by atoms with Crippen LogP contribution in [0.5, 0.6) is 0 Å². The zero-order valence-electron chi connectivity index (χ0n) is 11.8. The van der Waals surface area contributed by atoms with E-state index in [-0.39, 0.29) is 12.2 Å². The standard InChI is InChI=1S/C15H20N2O3/c1-17(2)12-7-3-10(4-8-12)15(20)13(9-14(18)19)16-11-5-6-11/h3-4,7-8,11,13,16H,5-6,9H2,1-2H3,(H,18,19). The van der Waals surface area contributed by atoms with Crippen LogP contribution in [-0.2, 0) is 4.79 Å². The van der Waals surface area contributed by atoms with E-state index >= 15 is 0 Å². The molecule has 5 nitrogen and oxygen atoms in total. The normalized spacial score (nSPS) is 15.7. The van der Waals surface area contributed by atoms with E-state index in [9.17, 15) is 9.59 Å². The molecule has 1 unspecified atom stereocenters. The number of carbonyl (C=O) groups excluding carboxylic acids is 1. The smallest absolute Gasteiger partial charge is 0.305 e. The zero-order chi connectivity index (χ0) is 14.7. The lowest BCUT2D eigenvalue weighted by molar-refractivity contribution is -0.137. The van der Waals surface area contributed by atoms with Crippen molar-refractivity contribution in [3.63, 3.8) is 0 Å². The third-order valence-corrected chi connectivity index (χ3v) is 3.38. The molecule has 1 aliphatic rings. The Bertz CT molecular complexity index is 492. The van der Waals surface area contributed by atoms with Crippen molar-refractivity contribution in [1.29, 1.82) is 0 Å². The summed E-state index contributed by atoms with van der Waals surface area (Å²) in [5.41, 5.74) is 1.56. The van der Waals surface area contributed by atoms with Crippen LogP contribution in [0.1, 0.15) is 29.6 Å². The van der Waals surface area contributed by atoms with Crippen molar-refractivity contribution in [3.05, 3.63) is 29.8 Å². The number of anilines is 1. The first-order chi connectivity index (χ1) is 9.47. The number of nitrogens with one attached hydrogen (secondary N) is 1. The Morgan fingerprint density at radius 2 is 1.90 bits per heavy atom. The van der Waals surface area contributed by atoms with Crippen molar-refractivity contribution in [2.24, 2.45) is 0 Å². The summed E-state index contributed by atoms with van der Waals surface area (Å²) < 4.78 is 0. The van der Waals surface area contributed by atoms with Gasteiger partial charge in [0.05, 0.1) is 12.5 Å². The Labute approximate surface area is 118 Å². The maximum Gasteiger partial charge on any atom is 0.305 e. The number of aliphatic carboxylic acids is 1. The second-order valence-electron chi connectivity index (χ2n) is 5.40. The van der Waals surface area contributed by atoms with Crippen LogP contribution in [0.4, 0.5) is 5.69 Å². The van der Waals surface area contributed by atoms with E-state index in [2.05, 4.69) is 5.32 Å². The fourth-order valence-electron chi connectivity index (χ4n) is 2.06. The quantitative estimate of drug-likeness (QED) is 0.739. The molecule has 1 aromatic carbocycles.